The summed E-state index contributed by atoms with van der Waals surface area (Å²) in [6, 6.07) is 13.8. The smallest absolute Gasteiger partial charge is 0.254 e. The van der Waals surface area contributed by atoms with Crippen LogP contribution in [0.3, 0.4) is 0 Å². The monoisotopic (exact) mass is 387 g/mol. The van der Waals surface area contributed by atoms with Gasteiger partial charge in [0.05, 0.1) is 7.11 Å². The summed E-state index contributed by atoms with van der Waals surface area (Å²) in [5, 5.41) is 2.59. The van der Waals surface area contributed by atoms with Crippen LogP contribution >= 0.6 is 34.8 Å². The molecule has 0 spiro atoms. The van der Waals surface area contributed by atoms with Crippen LogP contribution < -0.4 is 14.8 Å². The van der Waals surface area contributed by atoms with Crippen molar-refractivity contribution >= 4 is 40.7 Å². The first kappa shape index (κ1) is 18.7. The molecule has 0 aliphatic heterocycles. The Balaban J connectivity index is 2.14. The average Bonchev–Trinajstić information content (AvgIpc) is 2.54. The number of alkyl halides is 3. The highest BCUT2D eigenvalue weighted by molar-refractivity contribution is 6.68. The fraction of sp³-hybridized carbons (Fsp3) is 0.235. The van der Waals surface area contributed by atoms with Gasteiger partial charge in [-0.3, -0.25) is 4.79 Å². The summed E-state index contributed by atoms with van der Waals surface area (Å²) < 4.78 is 8.84. The third-order valence-electron chi connectivity index (χ3n) is 3.15. The lowest BCUT2D eigenvalue weighted by Crippen LogP contribution is -2.47. The number of benzene rings is 2. The second-order valence-corrected chi connectivity index (χ2v) is 7.43. The van der Waals surface area contributed by atoms with Crippen LogP contribution in [0, 0.1) is 6.92 Å². The Kier molecular flexibility index (Phi) is 6.21. The van der Waals surface area contributed by atoms with Gasteiger partial charge in [-0.25, -0.2) is 0 Å². The van der Waals surface area contributed by atoms with Crippen molar-refractivity contribution in [3.8, 4) is 11.5 Å². The molecule has 0 saturated carbocycles. The summed E-state index contributed by atoms with van der Waals surface area (Å²) in [4.78, 5) is 12.4. The number of hydrogen-bond donors (Lipinski definition) is 1. The molecule has 0 bridgehead atoms. The quantitative estimate of drug-likeness (QED) is 0.605. The van der Waals surface area contributed by atoms with Crippen LogP contribution in [0.5, 0.6) is 11.5 Å². The summed E-state index contributed by atoms with van der Waals surface area (Å²) in [7, 11) is 1.56. The lowest BCUT2D eigenvalue weighted by Gasteiger charge is -2.26. The molecule has 4 nitrogen and oxygen atoms in total. The van der Waals surface area contributed by atoms with E-state index in [-0.39, 0.29) is 0 Å². The van der Waals surface area contributed by atoms with Gasteiger partial charge >= 0.3 is 0 Å². The van der Waals surface area contributed by atoms with E-state index >= 15 is 0 Å². The van der Waals surface area contributed by atoms with Gasteiger partial charge in [-0.2, -0.15) is 0 Å². The van der Waals surface area contributed by atoms with Crippen molar-refractivity contribution in [2.45, 2.75) is 16.9 Å². The summed E-state index contributed by atoms with van der Waals surface area (Å²) in [5.74, 6) is 0.691. The Labute approximate surface area is 155 Å². The van der Waals surface area contributed by atoms with Crippen LogP contribution in [0.4, 0.5) is 0 Å². The number of carbonyl (C=O) groups excluding carboxylic acids is 1. The second-order valence-electron chi connectivity index (χ2n) is 5.06. The van der Waals surface area contributed by atoms with Crippen LogP contribution in [-0.4, -0.2) is 23.0 Å². The van der Waals surface area contributed by atoms with Crippen LogP contribution in [0.25, 0.3) is 0 Å². The van der Waals surface area contributed by atoms with E-state index in [1.54, 1.807) is 49.6 Å². The van der Waals surface area contributed by atoms with Gasteiger partial charge in [0.2, 0.25) is 10.0 Å². The summed E-state index contributed by atoms with van der Waals surface area (Å²) in [6.07, 6.45) is -1.16. The Morgan fingerprint density at radius 1 is 1.08 bits per heavy atom. The number of halogens is 3. The minimum absolute atomic E-state index is 0.400. The van der Waals surface area contributed by atoms with Gasteiger partial charge in [-0.15, -0.1) is 0 Å². The molecule has 0 radical (unpaired) electrons. The van der Waals surface area contributed by atoms with Gasteiger partial charge in [-0.1, -0.05) is 52.5 Å². The molecule has 24 heavy (non-hydrogen) atoms. The maximum Gasteiger partial charge on any atom is 0.254 e. The van der Waals surface area contributed by atoms with Gasteiger partial charge in [0.15, 0.2) is 0 Å². The summed E-state index contributed by atoms with van der Waals surface area (Å²) in [6.45, 7) is 1.89. The van der Waals surface area contributed by atoms with Crippen molar-refractivity contribution in [1.29, 1.82) is 0 Å². The third-order valence-corrected chi connectivity index (χ3v) is 3.75. The topological polar surface area (TPSA) is 47.6 Å². The van der Waals surface area contributed by atoms with Crippen LogP contribution in [-0.2, 0) is 0 Å². The molecule has 1 N–H and O–H groups in total. The van der Waals surface area contributed by atoms with E-state index in [9.17, 15) is 4.79 Å². The van der Waals surface area contributed by atoms with Crippen molar-refractivity contribution < 1.29 is 14.3 Å². The highest BCUT2D eigenvalue weighted by atomic mass is 35.6. The van der Waals surface area contributed by atoms with E-state index in [0.717, 1.165) is 5.56 Å². The number of carbonyl (C=O) groups is 1. The Morgan fingerprint density at radius 2 is 1.71 bits per heavy atom. The molecule has 1 amide bonds. The molecule has 0 fully saturated rings. The standard InChI is InChI=1S/C17H16Cl3NO3/c1-11-4-3-5-12(10-11)15(22)21-16(17(18,19)20)24-14-8-6-13(23-2)7-9-14/h3-10,16H,1-2H3,(H,21,22)/t16-/m1/s1. The molecular formula is C17H16Cl3NO3. The van der Waals surface area contributed by atoms with Crippen LogP contribution in [0.15, 0.2) is 48.5 Å². The van der Waals surface area contributed by atoms with Crippen molar-refractivity contribution in [2.24, 2.45) is 0 Å². The number of nitrogens with one attached hydrogen (secondary N) is 1. The zero-order chi connectivity index (χ0) is 17.7. The maximum absolute atomic E-state index is 12.4. The second kappa shape index (κ2) is 7.97. The SMILES string of the molecule is COc1ccc(O[C@@H](NC(=O)c2cccc(C)c2)C(Cl)(Cl)Cl)cc1. The average molecular weight is 389 g/mol. The predicted octanol–water partition coefficient (Wildman–Crippen LogP) is 4.51. The molecule has 0 heterocycles. The van der Waals surface area contributed by atoms with E-state index in [1.807, 2.05) is 13.0 Å². The number of aryl methyl sites for hydroxylation is 1. The van der Waals surface area contributed by atoms with Crippen molar-refractivity contribution in [2.75, 3.05) is 7.11 Å². The lowest BCUT2D eigenvalue weighted by atomic mass is 10.1. The Morgan fingerprint density at radius 3 is 2.25 bits per heavy atom. The molecule has 0 aliphatic carbocycles. The summed E-state index contributed by atoms with van der Waals surface area (Å²) in [5.41, 5.74) is 1.40. The molecule has 0 aromatic heterocycles. The van der Waals surface area contributed by atoms with E-state index in [4.69, 9.17) is 44.3 Å². The Bertz CT molecular complexity index is 699. The van der Waals surface area contributed by atoms with Crippen molar-refractivity contribution in [3.63, 3.8) is 0 Å². The van der Waals surface area contributed by atoms with E-state index < -0.39 is 15.9 Å². The maximum atomic E-state index is 12.4. The first-order chi connectivity index (χ1) is 11.3. The fourth-order valence-electron chi connectivity index (χ4n) is 1.96. The zero-order valence-electron chi connectivity index (χ0n) is 13.1. The van der Waals surface area contributed by atoms with E-state index in [1.165, 1.54) is 0 Å². The molecule has 2 rings (SSSR count). The zero-order valence-corrected chi connectivity index (χ0v) is 15.3. The Hall–Kier alpha value is -1.62. The molecular weight excluding hydrogens is 373 g/mol. The molecule has 0 unspecified atom stereocenters. The number of ether oxygens (including phenoxy) is 2. The predicted molar refractivity (Wildman–Crippen MR) is 96.3 cm³/mol. The van der Waals surface area contributed by atoms with Gasteiger partial charge in [-0.05, 0) is 43.3 Å². The molecule has 7 heteroatoms. The number of amides is 1. The van der Waals surface area contributed by atoms with Crippen molar-refractivity contribution in [1.82, 2.24) is 5.32 Å². The normalized spacial score (nSPS) is 12.4. The van der Waals surface area contributed by atoms with Crippen LogP contribution in [0.1, 0.15) is 15.9 Å². The number of rotatable bonds is 5. The molecule has 0 saturated heterocycles. The van der Waals surface area contributed by atoms with E-state index in [2.05, 4.69) is 5.32 Å². The van der Waals surface area contributed by atoms with Gasteiger partial charge in [0, 0.05) is 5.56 Å². The lowest BCUT2D eigenvalue weighted by molar-refractivity contribution is 0.0833. The first-order valence-corrected chi connectivity index (χ1v) is 8.18. The highest BCUT2D eigenvalue weighted by Crippen LogP contribution is 2.32. The fourth-order valence-corrected chi connectivity index (χ4v) is 2.25. The minimum atomic E-state index is -1.85. The number of hydrogen-bond acceptors (Lipinski definition) is 3. The van der Waals surface area contributed by atoms with Gasteiger partial charge < -0.3 is 14.8 Å². The van der Waals surface area contributed by atoms with Crippen molar-refractivity contribution in [3.05, 3.63) is 59.7 Å². The number of methoxy groups -OCH3 is 1. The third kappa shape index (κ3) is 5.20. The van der Waals surface area contributed by atoms with E-state index in [0.29, 0.717) is 17.1 Å². The highest BCUT2D eigenvalue weighted by Gasteiger charge is 2.36. The summed E-state index contributed by atoms with van der Waals surface area (Å²) >= 11 is 17.8. The minimum Gasteiger partial charge on any atom is -0.497 e. The first-order valence-electron chi connectivity index (χ1n) is 7.04. The molecule has 0 aliphatic rings. The largest absolute Gasteiger partial charge is 0.497 e. The molecule has 128 valence electrons. The van der Waals surface area contributed by atoms with Crippen LogP contribution in [0.2, 0.25) is 0 Å². The molecule has 2 aromatic carbocycles. The molecule has 2 aromatic rings. The van der Waals surface area contributed by atoms with Gasteiger partial charge in [0.1, 0.15) is 11.5 Å². The van der Waals surface area contributed by atoms with Gasteiger partial charge in [0.25, 0.3) is 5.91 Å². The molecule has 1 atom stereocenters.